The lowest BCUT2D eigenvalue weighted by Crippen LogP contribution is -2.65. The summed E-state index contributed by atoms with van der Waals surface area (Å²) in [6, 6.07) is 4.95. The molecule has 0 radical (unpaired) electrons. The van der Waals surface area contributed by atoms with Crippen LogP contribution in [-0.4, -0.2) is 84.1 Å². The van der Waals surface area contributed by atoms with Gasteiger partial charge in [-0.05, 0) is 38.0 Å². The summed E-state index contributed by atoms with van der Waals surface area (Å²) in [5, 5.41) is 0. The summed E-state index contributed by atoms with van der Waals surface area (Å²) < 4.78 is 4.92. The predicted octanol–water partition coefficient (Wildman–Crippen LogP) is 0.947. The van der Waals surface area contributed by atoms with Crippen molar-refractivity contribution < 1.29 is 19.1 Å². The van der Waals surface area contributed by atoms with Crippen LogP contribution in [0.15, 0.2) is 23.2 Å². The number of aliphatic imine (C=N–C) groups is 1. The molecule has 0 N–H and O–H groups in total. The Morgan fingerprint density at radius 2 is 2.00 bits per heavy atom. The minimum atomic E-state index is -0.628. The lowest BCUT2D eigenvalue weighted by Gasteiger charge is -2.40. The van der Waals surface area contributed by atoms with Crippen molar-refractivity contribution in [2.45, 2.75) is 33.0 Å². The molecule has 2 atom stereocenters. The van der Waals surface area contributed by atoms with Gasteiger partial charge in [0.15, 0.2) is 12.2 Å². The molecule has 1 aromatic carbocycles. The minimum Gasteiger partial charge on any atom is -0.465 e. The SMILES string of the molecule is CCOC(=O)CN1C(=O)C2C(N=C3N(c4cccc(C)c4C)CCN32)N(C)C1=O. The van der Waals surface area contributed by atoms with Gasteiger partial charge in [0.2, 0.25) is 5.96 Å². The number of imide groups is 1. The van der Waals surface area contributed by atoms with Gasteiger partial charge in [0.05, 0.1) is 6.61 Å². The predicted molar refractivity (Wildman–Crippen MR) is 106 cm³/mol. The highest BCUT2D eigenvalue weighted by Gasteiger charge is 2.55. The third kappa shape index (κ3) is 2.92. The van der Waals surface area contributed by atoms with E-state index in [1.165, 1.54) is 10.5 Å². The van der Waals surface area contributed by atoms with Crippen LogP contribution in [-0.2, 0) is 14.3 Å². The molecular weight excluding hydrogens is 374 g/mol. The maximum absolute atomic E-state index is 13.1. The Morgan fingerprint density at radius 1 is 1.24 bits per heavy atom. The summed E-state index contributed by atoms with van der Waals surface area (Å²) in [6.07, 6.45) is -0.601. The lowest BCUT2D eigenvalue weighted by molar-refractivity contribution is -0.150. The number of aryl methyl sites for hydroxylation is 1. The van der Waals surface area contributed by atoms with Crippen LogP contribution in [0.25, 0.3) is 0 Å². The van der Waals surface area contributed by atoms with Crippen molar-refractivity contribution in [2.75, 3.05) is 38.2 Å². The standard InChI is InChI=1S/C20H25N5O4/c1-5-29-15(26)11-25-18(27)16-17(22(4)20(25)28)21-19-23(9-10-24(16)19)14-8-6-7-12(2)13(14)3/h6-8,16-17H,5,9-11H2,1-4H3. The van der Waals surface area contributed by atoms with E-state index in [1.807, 2.05) is 17.0 Å². The zero-order chi connectivity index (χ0) is 20.9. The molecule has 0 bridgehead atoms. The van der Waals surface area contributed by atoms with Crippen LogP contribution >= 0.6 is 0 Å². The number of nitrogens with zero attached hydrogens (tertiary/aromatic N) is 5. The number of benzene rings is 1. The number of fused-ring (bicyclic) bond motifs is 3. The van der Waals surface area contributed by atoms with E-state index in [0.29, 0.717) is 19.0 Å². The largest absolute Gasteiger partial charge is 0.465 e. The fraction of sp³-hybridized carbons (Fsp3) is 0.500. The Morgan fingerprint density at radius 3 is 2.72 bits per heavy atom. The zero-order valence-corrected chi connectivity index (χ0v) is 17.1. The van der Waals surface area contributed by atoms with E-state index in [4.69, 9.17) is 9.73 Å². The molecule has 3 aliphatic rings. The van der Waals surface area contributed by atoms with Gasteiger partial charge in [-0.15, -0.1) is 0 Å². The molecular formula is C20H25N5O4. The molecule has 4 rings (SSSR count). The molecule has 154 valence electrons. The quantitative estimate of drug-likeness (QED) is 0.701. The molecule has 3 aliphatic heterocycles. The molecule has 9 nitrogen and oxygen atoms in total. The zero-order valence-electron chi connectivity index (χ0n) is 17.1. The number of hydrogen-bond acceptors (Lipinski definition) is 7. The van der Waals surface area contributed by atoms with Gasteiger partial charge in [0.1, 0.15) is 6.54 Å². The van der Waals surface area contributed by atoms with Crippen molar-refractivity contribution in [3.8, 4) is 0 Å². The van der Waals surface area contributed by atoms with Gasteiger partial charge in [-0.3, -0.25) is 14.5 Å². The van der Waals surface area contributed by atoms with E-state index in [-0.39, 0.29) is 13.2 Å². The molecule has 29 heavy (non-hydrogen) atoms. The first kappa shape index (κ1) is 19.2. The van der Waals surface area contributed by atoms with Gasteiger partial charge in [-0.2, -0.15) is 0 Å². The number of urea groups is 1. The van der Waals surface area contributed by atoms with Gasteiger partial charge < -0.3 is 19.4 Å². The first-order valence-corrected chi connectivity index (χ1v) is 9.77. The van der Waals surface area contributed by atoms with Crippen molar-refractivity contribution >= 4 is 29.6 Å². The molecule has 2 saturated heterocycles. The van der Waals surface area contributed by atoms with Crippen molar-refractivity contribution in [3.05, 3.63) is 29.3 Å². The van der Waals surface area contributed by atoms with Crippen LogP contribution in [0.4, 0.5) is 10.5 Å². The summed E-state index contributed by atoms with van der Waals surface area (Å²) in [4.78, 5) is 48.9. The molecule has 0 spiro atoms. The summed E-state index contributed by atoms with van der Waals surface area (Å²) in [5.74, 6) is -0.314. The normalized spacial score (nSPS) is 23.4. The maximum atomic E-state index is 13.1. The Labute approximate surface area is 169 Å². The summed E-state index contributed by atoms with van der Waals surface area (Å²) >= 11 is 0. The second-order valence-corrected chi connectivity index (χ2v) is 7.47. The summed E-state index contributed by atoms with van der Waals surface area (Å²) in [6.45, 7) is 6.95. The van der Waals surface area contributed by atoms with Crippen LogP contribution in [0.1, 0.15) is 18.1 Å². The van der Waals surface area contributed by atoms with Gasteiger partial charge in [-0.25, -0.2) is 9.79 Å². The minimum absolute atomic E-state index is 0.196. The smallest absolute Gasteiger partial charge is 0.328 e. The number of rotatable bonds is 4. The first-order chi connectivity index (χ1) is 13.8. The number of likely N-dealkylation sites (N-methyl/N-ethyl adjacent to an activating group) is 1. The van der Waals surface area contributed by atoms with Crippen molar-refractivity contribution in [2.24, 2.45) is 4.99 Å². The summed E-state index contributed by atoms with van der Waals surface area (Å²) in [7, 11) is 1.61. The van der Waals surface area contributed by atoms with Crippen LogP contribution in [0.3, 0.4) is 0 Å². The van der Waals surface area contributed by atoms with Gasteiger partial charge in [0.25, 0.3) is 5.91 Å². The Balaban J connectivity index is 1.64. The maximum Gasteiger partial charge on any atom is 0.328 e. The highest BCUT2D eigenvalue weighted by atomic mass is 16.5. The molecule has 2 fully saturated rings. The van der Waals surface area contributed by atoms with Crippen molar-refractivity contribution in [1.82, 2.24) is 14.7 Å². The Bertz CT molecular complexity index is 914. The molecule has 3 amide bonds. The third-order valence-electron chi connectivity index (χ3n) is 5.84. The monoisotopic (exact) mass is 399 g/mol. The number of guanidine groups is 1. The molecule has 0 aliphatic carbocycles. The van der Waals surface area contributed by atoms with Crippen LogP contribution in [0, 0.1) is 13.8 Å². The third-order valence-corrected chi connectivity index (χ3v) is 5.84. The highest BCUT2D eigenvalue weighted by Crippen LogP contribution is 2.34. The highest BCUT2D eigenvalue weighted by molar-refractivity contribution is 6.09. The number of ether oxygens (including phenoxy) is 1. The molecule has 1 aromatic rings. The van der Waals surface area contributed by atoms with E-state index in [2.05, 4.69) is 24.8 Å². The topological polar surface area (TPSA) is 85.8 Å². The van der Waals surface area contributed by atoms with Crippen molar-refractivity contribution in [1.29, 1.82) is 0 Å². The van der Waals surface area contributed by atoms with Crippen LogP contribution in [0.2, 0.25) is 0 Å². The number of carbonyl (C=O) groups excluding carboxylic acids is 3. The number of amides is 3. The second kappa shape index (κ2) is 7.06. The van der Waals surface area contributed by atoms with Gasteiger partial charge >= 0.3 is 12.0 Å². The molecule has 2 unspecified atom stereocenters. The second-order valence-electron chi connectivity index (χ2n) is 7.47. The van der Waals surface area contributed by atoms with Crippen LogP contribution < -0.4 is 4.90 Å². The first-order valence-electron chi connectivity index (χ1n) is 9.77. The molecule has 0 saturated carbocycles. The lowest BCUT2D eigenvalue weighted by atomic mass is 10.1. The fourth-order valence-electron chi connectivity index (χ4n) is 4.17. The Kier molecular flexibility index (Phi) is 4.68. The van der Waals surface area contributed by atoms with E-state index in [0.717, 1.165) is 16.2 Å². The number of anilines is 1. The van der Waals surface area contributed by atoms with Crippen LogP contribution in [0.5, 0.6) is 0 Å². The van der Waals surface area contributed by atoms with E-state index in [9.17, 15) is 14.4 Å². The van der Waals surface area contributed by atoms with E-state index in [1.54, 1.807) is 14.0 Å². The Hall–Kier alpha value is -3.10. The molecule has 9 heteroatoms. The average molecular weight is 399 g/mol. The number of hydrogen-bond donors (Lipinski definition) is 0. The fourth-order valence-corrected chi connectivity index (χ4v) is 4.17. The van der Waals surface area contributed by atoms with Crippen molar-refractivity contribution in [3.63, 3.8) is 0 Å². The number of esters is 1. The average Bonchev–Trinajstić information content (AvgIpc) is 3.25. The summed E-state index contributed by atoms with van der Waals surface area (Å²) in [5.41, 5.74) is 3.39. The molecule has 3 heterocycles. The number of carbonyl (C=O) groups is 3. The molecule has 0 aromatic heterocycles. The van der Waals surface area contributed by atoms with E-state index >= 15 is 0 Å². The van der Waals surface area contributed by atoms with Gasteiger partial charge in [0, 0.05) is 25.8 Å². The van der Waals surface area contributed by atoms with E-state index < -0.39 is 30.1 Å². The van der Waals surface area contributed by atoms with Gasteiger partial charge in [-0.1, -0.05) is 12.1 Å².